The quantitative estimate of drug-likeness (QED) is 0.244. The van der Waals surface area contributed by atoms with E-state index in [-0.39, 0.29) is 40.9 Å². The molecule has 1 aliphatic heterocycles. The number of carbonyl (C=O) groups is 4. The van der Waals surface area contributed by atoms with E-state index in [0.717, 1.165) is 57.8 Å². The summed E-state index contributed by atoms with van der Waals surface area (Å²) in [7, 11) is -3.79. The molecule has 0 aromatic carbocycles. The SMILES string of the molecule is CC(C)(C)[C@H](NC(=O)[C@@H](N)C1CCCCC1)C(=O)N1C[C@@H](C(C)(C)C2CCC2)C[C@H]1C(=O)N[C@]1(C(=O)NS(=O)(=O)C2CC2)C[C@H]1C1CC1. The molecule has 270 valence electrons. The number of carbonyl (C=O) groups excluding carboxylic acids is 4. The fourth-order valence-electron chi connectivity index (χ4n) is 8.92. The Balaban J connectivity index is 1.24. The topological polar surface area (TPSA) is 168 Å². The molecule has 12 heteroatoms. The van der Waals surface area contributed by atoms with Gasteiger partial charge in [-0.1, -0.05) is 60.3 Å². The molecule has 6 aliphatic rings. The molecular weight excluding hydrogens is 630 g/mol. The van der Waals surface area contributed by atoms with Crippen molar-refractivity contribution in [3.63, 3.8) is 0 Å². The van der Waals surface area contributed by atoms with Crippen molar-refractivity contribution >= 4 is 33.7 Å². The fraction of sp³-hybridized carbons (Fsp3) is 0.889. The van der Waals surface area contributed by atoms with Gasteiger partial charge in [-0.15, -0.1) is 0 Å². The van der Waals surface area contributed by atoms with Crippen LogP contribution >= 0.6 is 0 Å². The summed E-state index contributed by atoms with van der Waals surface area (Å²) in [5, 5.41) is 5.51. The number of hydrogen-bond acceptors (Lipinski definition) is 7. The Labute approximate surface area is 287 Å². The molecule has 5 aliphatic carbocycles. The normalized spacial score (nSPS) is 31.4. The summed E-state index contributed by atoms with van der Waals surface area (Å²) in [4.78, 5) is 57.9. The third-order valence-electron chi connectivity index (χ3n) is 13.1. The Kier molecular flexibility index (Phi) is 9.53. The van der Waals surface area contributed by atoms with Crippen LogP contribution in [0.25, 0.3) is 0 Å². The molecule has 11 nitrogen and oxygen atoms in total. The van der Waals surface area contributed by atoms with Gasteiger partial charge in [-0.3, -0.25) is 23.9 Å². The molecular formula is C36H59N5O6S. The average Bonchev–Trinajstić information content (AvgIpc) is 3.85. The number of rotatable bonds is 12. The van der Waals surface area contributed by atoms with Gasteiger partial charge in [0.25, 0.3) is 5.91 Å². The maximum absolute atomic E-state index is 14.7. The second-order valence-electron chi connectivity index (χ2n) is 17.9. The lowest BCUT2D eigenvalue weighted by molar-refractivity contribution is -0.145. The van der Waals surface area contributed by atoms with Crippen molar-refractivity contribution in [1.82, 2.24) is 20.3 Å². The first-order valence-corrected chi connectivity index (χ1v) is 20.2. The first-order chi connectivity index (χ1) is 22.5. The van der Waals surface area contributed by atoms with Crippen LogP contribution in [0.4, 0.5) is 0 Å². The highest BCUT2D eigenvalue weighted by Gasteiger charge is 2.67. The third-order valence-corrected chi connectivity index (χ3v) is 14.9. The third kappa shape index (κ3) is 7.03. The van der Waals surface area contributed by atoms with Crippen molar-refractivity contribution in [3.05, 3.63) is 0 Å². The second-order valence-corrected chi connectivity index (χ2v) is 19.9. The van der Waals surface area contributed by atoms with E-state index in [9.17, 15) is 27.6 Å². The number of nitrogens with one attached hydrogen (secondary N) is 3. The zero-order chi connectivity index (χ0) is 34.8. The van der Waals surface area contributed by atoms with Crippen molar-refractivity contribution < 1.29 is 27.6 Å². The zero-order valence-electron chi connectivity index (χ0n) is 29.7. The van der Waals surface area contributed by atoms with E-state index in [4.69, 9.17) is 5.73 Å². The fourth-order valence-corrected chi connectivity index (χ4v) is 10.3. The largest absolute Gasteiger partial charge is 0.342 e. The lowest BCUT2D eigenvalue weighted by Crippen LogP contribution is -2.61. The summed E-state index contributed by atoms with van der Waals surface area (Å²) in [6.07, 6.45) is 12.2. The number of likely N-dealkylation sites (tertiary alicyclic amines) is 1. The molecule has 6 atom stereocenters. The maximum atomic E-state index is 14.7. The van der Waals surface area contributed by atoms with Gasteiger partial charge in [-0.2, -0.15) is 0 Å². The van der Waals surface area contributed by atoms with Crippen LogP contribution in [0.3, 0.4) is 0 Å². The van der Waals surface area contributed by atoms with E-state index in [1.807, 2.05) is 20.8 Å². The average molecular weight is 690 g/mol. The Bertz CT molecular complexity index is 1390. The van der Waals surface area contributed by atoms with Gasteiger partial charge < -0.3 is 21.3 Å². The van der Waals surface area contributed by atoms with Crippen molar-refractivity contribution in [2.24, 2.45) is 46.2 Å². The highest BCUT2D eigenvalue weighted by atomic mass is 32.2. The summed E-state index contributed by atoms with van der Waals surface area (Å²) in [5.74, 6) is -0.943. The standard InChI is InChI=1S/C36H59N5O6S/c1-34(2,3)29(38-31(43)28(37)22-10-7-6-8-11-22)32(44)41-20-24(35(4,5)23-12-9-13-23)18-27(41)30(42)39-36(19-26(36)21-14-15-21)33(45)40-48(46,47)25-16-17-25/h21-29H,6-20,37H2,1-5H3,(H,38,43)(H,39,42)(H,40,45)/t24-,26-,27-,28-,29+,36+/m0/s1. The number of hydrogen-bond donors (Lipinski definition) is 4. The van der Waals surface area contributed by atoms with E-state index >= 15 is 0 Å². The number of nitrogens with two attached hydrogens (primary N) is 1. The molecule has 48 heavy (non-hydrogen) atoms. The maximum Gasteiger partial charge on any atom is 0.259 e. The summed E-state index contributed by atoms with van der Waals surface area (Å²) in [6.45, 7) is 10.6. The molecule has 1 heterocycles. The summed E-state index contributed by atoms with van der Waals surface area (Å²) >= 11 is 0. The van der Waals surface area contributed by atoms with Crippen LogP contribution in [0.15, 0.2) is 0 Å². The number of sulfonamides is 1. The van der Waals surface area contributed by atoms with Gasteiger partial charge in [0.1, 0.15) is 17.6 Å². The first kappa shape index (κ1) is 35.6. The summed E-state index contributed by atoms with van der Waals surface area (Å²) in [6, 6.07) is -2.45. The van der Waals surface area contributed by atoms with Crippen LogP contribution in [-0.2, 0) is 29.2 Å². The molecule has 4 amide bonds. The van der Waals surface area contributed by atoms with Crippen LogP contribution < -0.4 is 21.1 Å². The Morgan fingerprint density at radius 3 is 2.04 bits per heavy atom. The molecule has 0 bridgehead atoms. The minimum absolute atomic E-state index is 0.0433. The lowest BCUT2D eigenvalue weighted by atomic mass is 9.61. The second kappa shape index (κ2) is 12.8. The van der Waals surface area contributed by atoms with Gasteiger partial charge in [-0.25, -0.2) is 8.42 Å². The van der Waals surface area contributed by atoms with Gasteiger partial charge in [0.05, 0.1) is 11.3 Å². The van der Waals surface area contributed by atoms with Crippen molar-refractivity contribution in [3.8, 4) is 0 Å². The summed E-state index contributed by atoms with van der Waals surface area (Å²) in [5.41, 5.74) is 4.42. The highest BCUT2D eigenvalue weighted by molar-refractivity contribution is 7.91. The Morgan fingerprint density at radius 2 is 1.50 bits per heavy atom. The van der Waals surface area contributed by atoms with Crippen LogP contribution in [0, 0.1) is 40.4 Å². The van der Waals surface area contributed by atoms with Crippen LogP contribution in [0.2, 0.25) is 0 Å². The lowest BCUT2D eigenvalue weighted by Gasteiger charge is -2.44. The minimum Gasteiger partial charge on any atom is -0.342 e. The van der Waals surface area contributed by atoms with Gasteiger partial charge in [0.2, 0.25) is 27.7 Å². The summed E-state index contributed by atoms with van der Waals surface area (Å²) < 4.78 is 27.8. The molecule has 1 saturated heterocycles. The Hall–Kier alpha value is -2.21. The minimum atomic E-state index is -3.79. The number of amides is 4. The predicted molar refractivity (Wildman–Crippen MR) is 182 cm³/mol. The molecule has 0 radical (unpaired) electrons. The Morgan fingerprint density at radius 1 is 0.854 bits per heavy atom. The van der Waals surface area contributed by atoms with E-state index in [2.05, 4.69) is 29.2 Å². The monoisotopic (exact) mass is 689 g/mol. The molecule has 0 unspecified atom stereocenters. The van der Waals surface area contributed by atoms with Crippen molar-refractivity contribution in [2.75, 3.05) is 6.54 Å². The molecule has 0 aromatic heterocycles. The van der Waals surface area contributed by atoms with Crippen LogP contribution in [-0.4, -0.2) is 72.4 Å². The zero-order valence-corrected chi connectivity index (χ0v) is 30.5. The first-order valence-electron chi connectivity index (χ1n) is 18.7. The molecule has 0 aromatic rings. The van der Waals surface area contributed by atoms with E-state index in [1.54, 1.807) is 4.90 Å². The molecule has 6 rings (SSSR count). The smallest absolute Gasteiger partial charge is 0.259 e. The van der Waals surface area contributed by atoms with Gasteiger partial charge in [0.15, 0.2) is 0 Å². The molecule has 0 spiro atoms. The van der Waals surface area contributed by atoms with Crippen molar-refractivity contribution in [1.29, 1.82) is 0 Å². The van der Waals surface area contributed by atoms with E-state index < -0.39 is 56.2 Å². The van der Waals surface area contributed by atoms with Gasteiger partial charge in [-0.05, 0) is 105 Å². The predicted octanol–water partition coefficient (Wildman–Crippen LogP) is 3.36. The van der Waals surface area contributed by atoms with Gasteiger partial charge in [0, 0.05) is 6.54 Å². The van der Waals surface area contributed by atoms with Crippen LogP contribution in [0.5, 0.6) is 0 Å². The van der Waals surface area contributed by atoms with Gasteiger partial charge >= 0.3 is 0 Å². The molecule has 5 saturated carbocycles. The molecule has 5 N–H and O–H groups in total. The van der Waals surface area contributed by atoms with Crippen LogP contribution in [0.1, 0.15) is 125 Å². The number of nitrogens with zero attached hydrogens (tertiary/aromatic N) is 1. The molecule has 6 fully saturated rings. The van der Waals surface area contributed by atoms with E-state index in [1.165, 1.54) is 6.42 Å². The highest BCUT2D eigenvalue weighted by Crippen LogP contribution is 2.58. The van der Waals surface area contributed by atoms with Crippen molar-refractivity contribution in [2.45, 2.75) is 153 Å². The van der Waals surface area contributed by atoms with E-state index in [0.29, 0.717) is 38.1 Å².